The quantitative estimate of drug-likeness (QED) is 0.702. The number of carbonyl (C=O) groups excluding carboxylic acids is 1. The molecule has 0 aliphatic carbocycles. The van der Waals surface area contributed by atoms with E-state index in [9.17, 15) is 13.2 Å². The van der Waals surface area contributed by atoms with Crippen LogP contribution >= 0.6 is 11.3 Å². The predicted molar refractivity (Wildman–Crippen MR) is 102 cm³/mol. The molecule has 0 atom stereocenters. The number of primary sulfonamides is 1. The number of aryl methyl sites for hydroxylation is 1. The smallest absolute Gasteiger partial charge is 0.238 e. The number of rotatable bonds is 5. The predicted octanol–water partition coefficient (Wildman–Crippen LogP) is 2.95. The van der Waals surface area contributed by atoms with E-state index >= 15 is 0 Å². The maximum atomic E-state index is 12.2. The van der Waals surface area contributed by atoms with E-state index in [0.29, 0.717) is 11.4 Å². The van der Waals surface area contributed by atoms with Crippen molar-refractivity contribution in [2.24, 2.45) is 5.14 Å². The summed E-state index contributed by atoms with van der Waals surface area (Å²) in [7, 11) is -3.74. The molecule has 0 aliphatic heterocycles. The number of thiazole rings is 1. The maximum Gasteiger partial charge on any atom is 0.238 e. The molecule has 1 aromatic heterocycles. The molecule has 0 aliphatic rings. The summed E-state index contributed by atoms with van der Waals surface area (Å²) >= 11 is 1.49. The Morgan fingerprint density at radius 1 is 1.19 bits per heavy atom. The molecule has 0 saturated heterocycles. The fraction of sp³-hybridized carbons (Fsp3) is 0.111. The number of nitrogens with one attached hydrogen (secondary N) is 1. The highest BCUT2D eigenvalue weighted by molar-refractivity contribution is 7.89. The summed E-state index contributed by atoms with van der Waals surface area (Å²) in [4.78, 5) is 16.7. The van der Waals surface area contributed by atoms with E-state index in [1.807, 2.05) is 30.5 Å². The second-order valence-corrected chi connectivity index (χ2v) is 8.23. The van der Waals surface area contributed by atoms with Crippen molar-refractivity contribution in [2.75, 3.05) is 5.32 Å². The lowest BCUT2D eigenvalue weighted by Gasteiger charge is -2.05. The number of hydrogen-bond acceptors (Lipinski definition) is 5. The van der Waals surface area contributed by atoms with Gasteiger partial charge in [0.25, 0.3) is 0 Å². The lowest BCUT2D eigenvalue weighted by atomic mass is 10.1. The van der Waals surface area contributed by atoms with Gasteiger partial charge < -0.3 is 5.32 Å². The highest BCUT2D eigenvalue weighted by Crippen LogP contribution is 2.24. The Hall–Kier alpha value is -2.55. The fourth-order valence-corrected chi connectivity index (χ4v) is 3.73. The number of carbonyl (C=O) groups is 1. The lowest BCUT2D eigenvalue weighted by molar-refractivity contribution is -0.115. The van der Waals surface area contributed by atoms with Crippen LogP contribution in [0.4, 0.5) is 5.69 Å². The van der Waals surface area contributed by atoms with E-state index in [0.717, 1.165) is 16.1 Å². The van der Waals surface area contributed by atoms with Gasteiger partial charge in [0.05, 0.1) is 17.0 Å². The van der Waals surface area contributed by atoms with Gasteiger partial charge in [-0.3, -0.25) is 4.79 Å². The Labute approximate surface area is 155 Å². The molecular formula is C18H17N3O3S2. The summed E-state index contributed by atoms with van der Waals surface area (Å²) in [6, 6.07) is 13.7. The van der Waals surface area contributed by atoms with Gasteiger partial charge in [0, 0.05) is 16.6 Å². The molecule has 26 heavy (non-hydrogen) atoms. The van der Waals surface area contributed by atoms with Crippen LogP contribution in [0.25, 0.3) is 10.6 Å². The molecule has 1 heterocycles. The van der Waals surface area contributed by atoms with E-state index in [1.54, 1.807) is 0 Å². The van der Waals surface area contributed by atoms with Crippen LogP contribution in [0.3, 0.4) is 0 Å². The number of anilines is 1. The second-order valence-electron chi connectivity index (χ2n) is 5.81. The maximum absolute atomic E-state index is 12.2. The summed E-state index contributed by atoms with van der Waals surface area (Å²) in [6.45, 7) is 2.02. The van der Waals surface area contributed by atoms with Gasteiger partial charge in [-0.15, -0.1) is 11.3 Å². The summed E-state index contributed by atoms with van der Waals surface area (Å²) in [5.74, 6) is -0.227. The molecule has 0 radical (unpaired) electrons. The van der Waals surface area contributed by atoms with Gasteiger partial charge in [-0.1, -0.05) is 23.8 Å². The number of hydrogen-bond donors (Lipinski definition) is 2. The molecule has 0 saturated carbocycles. The Morgan fingerprint density at radius 3 is 2.58 bits per heavy atom. The van der Waals surface area contributed by atoms with Crippen molar-refractivity contribution in [3.63, 3.8) is 0 Å². The number of benzene rings is 2. The van der Waals surface area contributed by atoms with Gasteiger partial charge in [0.2, 0.25) is 15.9 Å². The normalized spacial score (nSPS) is 11.3. The van der Waals surface area contributed by atoms with Crippen LogP contribution in [0.15, 0.2) is 58.8 Å². The molecule has 6 nitrogen and oxygen atoms in total. The molecule has 0 unspecified atom stereocenters. The average Bonchev–Trinajstić information content (AvgIpc) is 3.03. The summed E-state index contributed by atoms with van der Waals surface area (Å²) in [5, 5.41) is 10.5. The first-order valence-electron chi connectivity index (χ1n) is 7.75. The van der Waals surface area contributed by atoms with Crippen LogP contribution in [0.5, 0.6) is 0 Å². The zero-order valence-corrected chi connectivity index (χ0v) is 15.6. The van der Waals surface area contributed by atoms with Gasteiger partial charge in [-0.2, -0.15) is 0 Å². The summed E-state index contributed by atoms with van der Waals surface area (Å²) in [5.41, 5.74) is 3.36. The van der Waals surface area contributed by atoms with E-state index in [4.69, 9.17) is 5.14 Å². The van der Waals surface area contributed by atoms with Crippen molar-refractivity contribution in [3.05, 3.63) is 65.2 Å². The van der Waals surface area contributed by atoms with Crippen molar-refractivity contribution in [3.8, 4) is 10.6 Å². The van der Waals surface area contributed by atoms with E-state index in [-0.39, 0.29) is 17.2 Å². The minimum absolute atomic E-state index is 0.00204. The van der Waals surface area contributed by atoms with Gasteiger partial charge in [-0.05, 0) is 37.3 Å². The molecular weight excluding hydrogens is 370 g/mol. The second kappa shape index (κ2) is 7.36. The molecule has 3 aromatic rings. The average molecular weight is 387 g/mol. The number of nitrogens with zero attached hydrogens (tertiary/aromatic N) is 1. The van der Waals surface area contributed by atoms with Crippen LogP contribution in [0.1, 0.15) is 11.3 Å². The summed E-state index contributed by atoms with van der Waals surface area (Å²) < 4.78 is 22.5. The van der Waals surface area contributed by atoms with Crippen LogP contribution < -0.4 is 10.5 Å². The molecule has 3 rings (SSSR count). The standard InChI is InChI=1S/C18H17N3O3S2/c1-12-3-2-4-13(9-12)18-21-15(11-25-18)10-17(22)20-14-5-7-16(8-6-14)26(19,23)24/h2-9,11H,10H2,1H3,(H,20,22)(H2,19,23,24). The van der Waals surface area contributed by atoms with Crippen LogP contribution in [-0.2, 0) is 21.2 Å². The van der Waals surface area contributed by atoms with Gasteiger partial charge in [0.1, 0.15) is 5.01 Å². The zero-order chi connectivity index (χ0) is 18.7. The Bertz CT molecular complexity index is 1040. The highest BCUT2D eigenvalue weighted by atomic mass is 32.2. The monoisotopic (exact) mass is 387 g/mol. The largest absolute Gasteiger partial charge is 0.326 e. The van der Waals surface area contributed by atoms with Crippen molar-refractivity contribution in [1.82, 2.24) is 4.98 Å². The minimum Gasteiger partial charge on any atom is -0.326 e. The molecule has 1 amide bonds. The number of aromatic nitrogens is 1. The number of amides is 1. The molecule has 2 aromatic carbocycles. The fourth-order valence-electron chi connectivity index (χ4n) is 2.40. The van der Waals surface area contributed by atoms with Crippen molar-refractivity contribution in [2.45, 2.75) is 18.2 Å². The molecule has 8 heteroatoms. The Balaban J connectivity index is 1.65. The van der Waals surface area contributed by atoms with Gasteiger partial charge in [-0.25, -0.2) is 18.5 Å². The molecule has 0 bridgehead atoms. The lowest BCUT2D eigenvalue weighted by Crippen LogP contribution is -2.15. The Morgan fingerprint density at radius 2 is 1.92 bits per heavy atom. The minimum atomic E-state index is -3.74. The number of sulfonamides is 1. The third-order valence-corrected chi connectivity index (χ3v) is 5.49. The molecule has 134 valence electrons. The first-order chi connectivity index (χ1) is 12.3. The first-order valence-corrected chi connectivity index (χ1v) is 10.2. The van der Waals surface area contributed by atoms with Crippen molar-refractivity contribution in [1.29, 1.82) is 0 Å². The van der Waals surface area contributed by atoms with E-state index < -0.39 is 10.0 Å². The topological polar surface area (TPSA) is 102 Å². The van der Waals surface area contributed by atoms with Gasteiger partial charge >= 0.3 is 0 Å². The molecule has 0 fully saturated rings. The van der Waals surface area contributed by atoms with E-state index in [1.165, 1.54) is 35.6 Å². The highest BCUT2D eigenvalue weighted by Gasteiger charge is 2.11. The molecule has 0 spiro atoms. The Kier molecular flexibility index (Phi) is 5.17. The molecule has 3 N–H and O–H groups in total. The number of nitrogens with two attached hydrogens (primary N) is 1. The van der Waals surface area contributed by atoms with Crippen LogP contribution in [0, 0.1) is 6.92 Å². The SMILES string of the molecule is Cc1cccc(-c2nc(CC(=O)Nc3ccc(S(N)(=O)=O)cc3)cs2)c1. The van der Waals surface area contributed by atoms with Gasteiger partial charge in [0.15, 0.2) is 0 Å². The zero-order valence-electron chi connectivity index (χ0n) is 14.0. The third-order valence-electron chi connectivity index (χ3n) is 3.63. The van der Waals surface area contributed by atoms with Crippen molar-refractivity contribution >= 4 is 33.0 Å². The van der Waals surface area contributed by atoms with E-state index in [2.05, 4.69) is 16.4 Å². The van der Waals surface area contributed by atoms with Crippen LogP contribution in [0.2, 0.25) is 0 Å². The summed E-state index contributed by atoms with van der Waals surface area (Å²) in [6.07, 6.45) is 0.138. The third kappa shape index (κ3) is 4.54. The first kappa shape index (κ1) is 18.2. The van der Waals surface area contributed by atoms with Crippen molar-refractivity contribution < 1.29 is 13.2 Å². The van der Waals surface area contributed by atoms with Crippen LogP contribution in [-0.4, -0.2) is 19.3 Å².